The highest BCUT2D eigenvalue weighted by Crippen LogP contribution is 2.40. The molecule has 0 atom stereocenters. The van der Waals surface area contributed by atoms with Gasteiger partial charge in [0, 0.05) is 38.5 Å². The molecule has 0 bridgehead atoms. The van der Waals surface area contributed by atoms with E-state index in [-0.39, 0.29) is 0 Å². The molecule has 0 unspecified atom stereocenters. The van der Waals surface area contributed by atoms with Gasteiger partial charge in [0.2, 0.25) is 0 Å². The van der Waals surface area contributed by atoms with Crippen molar-refractivity contribution < 1.29 is 0 Å². The summed E-state index contributed by atoms with van der Waals surface area (Å²) in [6, 6.07) is 57.9. The summed E-state index contributed by atoms with van der Waals surface area (Å²) in [7, 11) is 0. The number of aromatic nitrogens is 2. The second-order valence-corrected chi connectivity index (χ2v) is 12.3. The monoisotopic (exact) mass is 635 g/mol. The molecule has 0 aliphatic carbocycles. The minimum absolute atomic E-state index is 0.612. The Labute approximate surface area is 287 Å². The van der Waals surface area contributed by atoms with Crippen molar-refractivity contribution >= 4 is 43.6 Å². The van der Waals surface area contributed by atoms with Crippen molar-refractivity contribution in [2.75, 3.05) is 0 Å². The lowest BCUT2D eigenvalue weighted by Gasteiger charge is -2.16. The number of rotatable bonds is 4. The smallest absolute Gasteiger partial charge is 0.0998 e. The van der Waals surface area contributed by atoms with Gasteiger partial charge in [-0.2, -0.15) is 15.8 Å². The number of benzene rings is 7. The first-order chi connectivity index (χ1) is 24.7. The predicted octanol–water partition coefficient (Wildman–Crippen LogP) is 10.8. The van der Waals surface area contributed by atoms with Gasteiger partial charge in [0.25, 0.3) is 0 Å². The van der Waals surface area contributed by atoms with E-state index in [0.717, 1.165) is 77.2 Å². The van der Waals surface area contributed by atoms with Gasteiger partial charge in [0.15, 0.2) is 0 Å². The van der Waals surface area contributed by atoms with Gasteiger partial charge in [-0.3, -0.25) is 0 Å². The SMILES string of the molecule is N#Cc1ccc2c(c1)c1ccccc1n2-c1ccc(-c2cc(-n3c4ccccc4c4cc(C#N)ccc43)ccc2-c2ccccc2C#N)cc1. The standard InChI is InChI=1S/C45H25N5/c46-26-29-13-21-44-40(23-29)37-9-3-5-11-42(37)49(44)33-17-15-31(16-18-33)39-25-34(19-20-36(39)35-8-2-1-7-32(35)28-48)50-43-12-6-4-10-38(43)41-24-30(27-47)14-22-45(41)50/h1-25H. The van der Waals surface area contributed by atoms with E-state index < -0.39 is 0 Å². The maximum Gasteiger partial charge on any atom is 0.0998 e. The summed E-state index contributed by atoms with van der Waals surface area (Å²) in [5.41, 5.74) is 11.9. The number of nitriles is 3. The van der Waals surface area contributed by atoms with Gasteiger partial charge >= 0.3 is 0 Å². The van der Waals surface area contributed by atoms with Crippen molar-refractivity contribution in [3.8, 4) is 51.8 Å². The molecule has 5 nitrogen and oxygen atoms in total. The van der Waals surface area contributed by atoms with Crippen LogP contribution in [0, 0.1) is 34.0 Å². The summed E-state index contributed by atoms with van der Waals surface area (Å²) in [4.78, 5) is 0. The molecule has 230 valence electrons. The molecule has 9 rings (SSSR count). The van der Waals surface area contributed by atoms with Crippen LogP contribution in [0.2, 0.25) is 0 Å². The Bertz CT molecular complexity index is 2960. The third-order valence-electron chi connectivity index (χ3n) is 9.64. The largest absolute Gasteiger partial charge is 0.309 e. The molecule has 2 aromatic heterocycles. The van der Waals surface area contributed by atoms with E-state index in [9.17, 15) is 15.8 Å². The number of nitrogens with zero attached hydrogens (tertiary/aromatic N) is 5. The molecule has 2 heterocycles. The van der Waals surface area contributed by atoms with E-state index in [2.05, 4.69) is 94.1 Å². The highest BCUT2D eigenvalue weighted by atomic mass is 15.0. The summed E-state index contributed by atoms with van der Waals surface area (Å²) in [5.74, 6) is 0. The minimum atomic E-state index is 0.612. The van der Waals surface area contributed by atoms with E-state index in [1.165, 1.54) is 0 Å². The van der Waals surface area contributed by atoms with Crippen molar-refractivity contribution in [2.45, 2.75) is 0 Å². The molecule has 9 aromatic rings. The van der Waals surface area contributed by atoms with Gasteiger partial charge in [-0.15, -0.1) is 0 Å². The molecule has 0 radical (unpaired) electrons. The lowest BCUT2D eigenvalue weighted by molar-refractivity contribution is 1.18. The van der Waals surface area contributed by atoms with Crippen LogP contribution < -0.4 is 0 Å². The lowest BCUT2D eigenvalue weighted by atomic mass is 9.91. The first-order valence-corrected chi connectivity index (χ1v) is 16.3. The minimum Gasteiger partial charge on any atom is -0.309 e. The van der Waals surface area contributed by atoms with Crippen molar-refractivity contribution in [1.29, 1.82) is 15.8 Å². The van der Waals surface area contributed by atoms with Crippen LogP contribution in [0.4, 0.5) is 0 Å². The van der Waals surface area contributed by atoms with Crippen LogP contribution in [0.15, 0.2) is 152 Å². The zero-order valence-electron chi connectivity index (χ0n) is 26.7. The van der Waals surface area contributed by atoms with Crippen LogP contribution in [-0.4, -0.2) is 9.13 Å². The molecule has 0 saturated heterocycles. The third kappa shape index (κ3) is 4.38. The Hall–Kier alpha value is -7.39. The second kappa shape index (κ2) is 11.4. The van der Waals surface area contributed by atoms with Gasteiger partial charge in [-0.05, 0) is 95.6 Å². The van der Waals surface area contributed by atoms with Crippen LogP contribution in [-0.2, 0) is 0 Å². The highest BCUT2D eigenvalue weighted by Gasteiger charge is 2.18. The van der Waals surface area contributed by atoms with E-state index in [1.54, 1.807) is 0 Å². The van der Waals surface area contributed by atoms with Crippen LogP contribution >= 0.6 is 0 Å². The van der Waals surface area contributed by atoms with Crippen molar-refractivity contribution in [3.63, 3.8) is 0 Å². The molecule has 0 N–H and O–H groups in total. The molecule has 0 aliphatic rings. The van der Waals surface area contributed by atoms with E-state index in [0.29, 0.717) is 16.7 Å². The summed E-state index contributed by atoms with van der Waals surface area (Å²) < 4.78 is 4.49. The molecular formula is C45H25N5. The average Bonchev–Trinajstić information content (AvgIpc) is 3.69. The van der Waals surface area contributed by atoms with Gasteiger partial charge in [0.05, 0.1) is 57.0 Å². The normalized spacial score (nSPS) is 11.1. The molecule has 0 saturated carbocycles. The van der Waals surface area contributed by atoms with Crippen molar-refractivity contribution in [3.05, 3.63) is 168 Å². The topological polar surface area (TPSA) is 81.2 Å². The first kappa shape index (κ1) is 28.8. The fourth-order valence-corrected chi connectivity index (χ4v) is 7.39. The molecule has 0 fully saturated rings. The molecule has 0 aliphatic heterocycles. The van der Waals surface area contributed by atoms with E-state index in [4.69, 9.17) is 0 Å². The van der Waals surface area contributed by atoms with Gasteiger partial charge in [-0.25, -0.2) is 0 Å². The van der Waals surface area contributed by atoms with Gasteiger partial charge in [0.1, 0.15) is 0 Å². The first-order valence-electron chi connectivity index (χ1n) is 16.3. The Morgan fingerprint density at radius 1 is 0.360 bits per heavy atom. The Morgan fingerprint density at radius 2 is 0.880 bits per heavy atom. The fraction of sp³-hybridized carbons (Fsp3) is 0. The molecule has 0 amide bonds. The summed E-state index contributed by atoms with van der Waals surface area (Å²) >= 11 is 0. The summed E-state index contributed by atoms with van der Waals surface area (Å²) in [5, 5.41) is 33.6. The van der Waals surface area contributed by atoms with E-state index in [1.807, 2.05) is 84.9 Å². The third-order valence-corrected chi connectivity index (χ3v) is 9.64. The Kier molecular flexibility index (Phi) is 6.56. The molecule has 0 spiro atoms. The van der Waals surface area contributed by atoms with Crippen LogP contribution in [0.3, 0.4) is 0 Å². The van der Waals surface area contributed by atoms with Gasteiger partial charge < -0.3 is 9.13 Å². The number of hydrogen-bond donors (Lipinski definition) is 0. The zero-order valence-corrected chi connectivity index (χ0v) is 26.7. The van der Waals surface area contributed by atoms with Crippen molar-refractivity contribution in [2.24, 2.45) is 0 Å². The second-order valence-electron chi connectivity index (χ2n) is 12.3. The fourth-order valence-electron chi connectivity index (χ4n) is 7.39. The highest BCUT2D eigenvalue weighted by molar-refractivity contribution is 6.11. The predicted molar refractivity (Wildman–Crippen MR) is 200 cm³/mol. The molecule has 50 heavy (non-hydrogen) atoms. The lowest BCUT2D eigenvalue weighted by Crippen LogP contribution is -1.97. The van der Waals surface area contributed by atoms with Crippen LogP contribution in [0.25, 0.3) is 77.2 Å². The van der Waals surface area contributed by atoms with Gasteiger partial charge in [-0.1, -0.05) is 72.8 Å². The van der Waals surface area contributed by atoms with Crippen LogP contribution in [0.5, 0.6) is 0 Å². The number of para-hydroxylation sites is 2. The molecule has 5 heteroatoms. The van der Waals surface area contributed by atoms with E-state index >= 15 is 0 Å². The zero-order chi connectivity index (χ0) is 33.8. The summed E-state index contributed by atoms with van der Waals surface area (Å²) in [6.45, 7) is 0. The Morgan fingerprint density at radius 3 is 1.48 bits per heavy atom. The number of fused-ring (bicyclic) bond motifs is 6. The average molecular weight is 636 g/mol. The summed E-state index contributed by atoms with van der Waals surface area (Å²) in [6.07, 6.45) is 0. The maximum absolute atomic E-state index is 10.1. The quantitative estimate of drug-likeness (QED) is 0.193. The van der Waals surface area contributed by atoms with Crippen molar-refractivity contribution in [1.82, 2.24) is 9.13 Å². The van der Waals surface area contributed by atoms with Crippen LogP contribution in [0.1, 0.15) is 16.7 Å². The molecular weight excluding hydrogens is 611 g/mol. The Balaban J connectivity index is 1.26. The number of hydrogen-bond acceptors (Lipinski definition) is 3. The molecule has 7 aromatic carbocycles. The maximum atomic E-state index is 10.1.